The van der Waals surface area contributed by atoms with E-state index < -0.39 is 27.5 Å². The minimum Gasteiger partial charge on any atom is -0.496 e. The summed E-state index contributed by atoms with van der Waals surface area (Å²) in [5, 5.41) is 0.338. The molecule has 0 amide bonds. The van der Waals surface area contributed by atoms with Gasteiger partial charge in [-0.2, -0.15) is 21.6 Å². The topological polar surface area (TPSA) is 95.0 Å². The van der Waals surface area contributed by atoms with Gasteiger partial charge in [-0.15, -0.1) is 0 Å². The molecule has 29 heavy (non-hydrogen) atoms. The number of pyridine rings is 1. The number of halogens is 3. The van der Waals surface area contributed by atoms with Crippen LogP contribution in [0.2, 0.25) is 0 Å². The lowest BCUT2D eigenvalue weighted by molar-refractivity contribution is -0.0501. The molecule has 1 heterocycles. The molecular weight excluding hydrogens is 417 g/mol. The Morgan fingerprint density at radius 2 is 1.79 bits per heavy atom. The number of nitrogens with zero attached hydrogens (tertiary/aromatic N) is 2. The lowest BCUT2D eigenvalue weighted by Crippen LogP contribution is -2.31. The van der Waals surface area contributed by atoms with Gasteiger partial charge in [0.25, 0.3) is 5.88 Å². The van der Waals surface area contributed by atoms with E-state index in [1.165, 1.54) is 44.4 Å². The SMILES string of the molecule is COC(=O)c1cc2cc(N(C)C(C)C)c(OS(=O)(=O)C(F)(F)F)nc2cc1OC. The Kier molecular flexibility index (Phi) is 6.16. The van der Waals surface area contributed by atoms with Gasteiger partial charge in [-0.05, 0) is 26.0 Å². The van der Waals surface area contributed by atoms with Gasteiger partial charge in [0.05, 0.1) is 19.7 Å². The maximum atomic E-state index is 12.8. The number of hydrogen-bond donors (Lipinski definition) is 0. The second-order valence-corrected chi connectivity index (χ2v) is 7.78. The molecule has 1 aromatic carbocycles. The molecule has 12 heteroatoms. The van der Waals surface area contributed by atoms with Gasteiger partial charge in [0, 0.05) is 24.5 Å². The number of rotatable bonds is 6. The number of benzene rings is 1. The summed E-state index contributed by atoms with van der Waals surface area (Å²) in [4.78, 5) is 17.4. The molecule has 160 valence electrons. The first-order chi connectivity index (χ1) is 13.3. The lowest BCUT2D eigenvalue weighted by Gasteiger charge is -2.26. The second kappa shape index (κ2) is 7.93. The van der Waals surface area contributed by atoms with Crippen LogP contribution in [0.15, 0.2) is 18.2 Å². The normalized spacial score (nSPS) is 12.2. The van der Waals surface area contributed by atoms with Crippen molar-refractivity contribution in [2.75, 3.05) is 26.2 Å². The van der Waals surface area contributed by atoms with Crippen LogP contribution >= 0.6 is 0 Å². The summed E-state index contributed by atoms with van der Waals surface area (Å²) in [5.41, 5.74) is -5.51. The van der Waals surface area contributed by atoms with Crippen molar-refractivity contribution in [3.8, 4) is 11.6 Å². The van der Waals surface area contributed by atoms with Crippen molar-refractivity contribution in [2.45, 2.75) is 25.4 Å². The van der Waals surface area contributed by atoms with Crippen molar-refractivity contribution in [2.24, 2.45) is 0 Å². The molecule has 0 unspecified atom stereocenters. The Balaban J connectivity index is 2.78. The van der Waals surface area contributed by atoms with Crippen LogP contribution in [0.3, 0.4) is 0 Å². The molecule has 0 N–H and O–H groups in total. The Morgan fingerprint density at radius 3 is 2.28 bits per heavy atom. The zero-order valence-corrected chi connectivity index (χ0v) is 17.0. The summed E-state index contributed by atoms with van der Waals surface area (Å²) in [5.74, 6) is -1.40. The molecule has 0 saturated heterocycles. The average Bonchev–Trinajstić information content (AvgIpc) is 2.63. The molecule has 0 aliphatic heterocycles. The molecule has 0 radical (unpaired) electrons. The minimum atomic E-state index is -5.94. The van der Waals surface area contributed by atoms with Gasteiger partial charge in [-0.3, -0.25) is 0 Å². The molecule has 0 atom stereocenters. The van der Waals surface area contributed by atoms with Gasteiger partial charge in [-0.25, -0.2) is 9.78 Å². The molecule has 0 bridgehead atoms. The molecule has 2 rings (SSSR count). The molecule has 8 nitrogen and oxygen atoms in total. The van der Waals surface area contributed by atoms with Gasteiger partial charge >= 0.3 is 21.6 Å². The first-order valence-electron chi connectivity index (χ1n) is 8.17. The fraction of sp³-hybridized carbons (Fsp3) is 0.412. The van der Waals surface area contributed by atoms with E-state index in [0.29, 0.717) is 5.39 Å². The first-order valence-corrected chi connectivity index (χ1v) is 9.58. The monoisotopic (exact) mass is 436 g/mol. The third kappa shape index (κ3) is 4.47. The zero-order valence-electron chi connectivity index (χ0n) is 16.2. The van der Waals surface area contributed by atoms with E-state index in [1.54, 1.807) is 13.8 Å². The largest absolute Gasteiger partial charge is 0.534 e. The quantitative estimate of drug-likeness (QED) is 0.387. The highest BCUT2D eigenvalue weighted by Gasteiger charge is 2.49. The van der Waals surface area contributed by atoms with Crippen LogP contribution in [0, 0.1) is 0 Å². The van der Waals surface area contributed by atoms with Gasteiger partial charge in [0.15, 0.2) is 0 Å². The van der Waals surface area contributed by atoms with Gasteiger partial charge < -0.3 is 18.6 Å². The van der Waals surface area contributed by atoms with Crippen LogP contribution in [0.4, 0.5) is 18.9 Å². The molecule has 2 aromatic rings. The number of aromatic nitrogens is 1. The lowest BCUT2D eigenvalue weighted by atomic mass is 10.1. The third-order valence-corrected chi connectivity index (χ3v) is 5.06. The summed E-state index contributed by atoms with van der Waals surface area (Å²) >= 11 is 0. The van der Waals surface area contributed by atoms with Crippen molar-refractivity contribution in [3.05, 3.63) is 23.8 Å². The van der Waals surface area contributed by atoms with Crippen molar-refractivity contribution in [3.63, 3.8) is 0 Å². The number of alkyl halides is 3. The number of esters is 1. The number of carbonyl (C=O) groups excluding carboxylic acids is 1. The fourth-order valence-corrected chi connectivity index (χ4v) is 2.78. The molecule has 0 fully saturated rings. The van der Waals surface area contributed by atoms with E-state index in [-0.39, 0.29) is 28.6 Å². The fourth-order valence-electron chi connectivity index (χ4n) is 2.36. The van der Waals surface area contributed by atoms with Crippen molar-refractivity contribution < 1.29 is 40.0 Å². The Morgan fingerprint density at radius 1 is 1.17 bits per heavy atom. The Bertz CT molecular complexity index is 1040. The van der Waals surface area contributed by atoms with Gasteiger partial charge in [-0.1, -0.05) is 0 Å². The van der Waals surface area contributed by atoms with Crippen LogP contribution in [0.25, 0.3) is 10.9 Å². The Labute approximate surface area is 165 Å². The van der Waals surface area contributed by atoms with Crippen LogP contribution in [-0.4, -0.2) is 52.2 Å². The zero-order chi connectivity index (χ0) is 22.1. The maximum Gasteiger partial charge on any atom is 0.534 e. The highest BCUT2D eigenvalue weighted by molar-refractivity contribution is 7.88. The predicted octanol–water partition coefficient (Wildman–Crippen LogP) is 3.10. The molecule has 0 aliphatic carbocycles. The van der Waals surface area contributed by atoms with E-state index >= 15 is 0 Å². The standard InChI is InChI=1S/C17H19F3N2O6S/c1-9(2)22(3)13-7-10-6-11(16(23)27-5)14(26-4)8-12(10)21-15(13)28-29(24,25)17(18,19)20/h6-9H,1-5H3. The summed E-state index contributed by atoms with van der Waals surface area (Å²) in [6.45, 7) is 3.47. The van der Waals surface area contributed by atoms with E-state index in [1.807, 2.05) is 0 Å². The molecule has 0 saturated carbocycles. The van der Waals surface area contributed by atoms with Crippen LogP contribution < -0.4 is 13.8 Å². The molecule has 0 aliphatic rings. The van der Waals surface area contributed by atoms with Crippen LogP contribution in [0.1, 0.15) is 24.2 Å². The molecule has 0 spiro atoms. The third-order valence-electron chi connectivity index (χ3n) is 4.11. The van der Waals surface area contributed by atoms with E-state index in [9.17, 15) is 26.4 Å². The Hall–Kier alpha value is -2.76. The number of anilines is 1. The number of ether oxygens (including phenoxy) is 2. The number of carbonyl (C=O) groups is 1. The summed E-state index contributed by atoms with van der Waals surface area (Å²) in [6, 6.07) is 3.79. The smallest absolute Gasteiger partial charge is 0.496 e. The predicted molar refractivity (Wildman–Crippen MR) is 98.8 cm³/mol. The highest BCUT2D eigenvalue weighted by Crippen LogP contribution is 2.36. The van der Waals surface area contributed by atoms with Crippen LogP contribution in [-0.2, 0) is 14.9 Å². The highest BCUT2D eigenvalue weighted by atomic mass is 32.2. The molecule has 1 aromatic heterocycles. The first kappa shape index (κ1) is 22.5. The van der Waals surface area contributed by atoms with Crippen molar-refractivity contribution in [1.82, 2.24) is 4.98 Å². The summed E-state index contributed by atoms with van der Waals surface area (Å²) in [6.07, 6.45) is 0. The summed E-state index contributed by atoms with van der Waals surface area (Å²) < 4.78 is 75.5. The van der Waals surface area contributed by atoms with E-state index in [2.05, 4.69) is 9.17 Å². The maximum absolute atomic E-state index is 12.8. The van der Waals surface area contributed by atoms with Crippen molar-refractivity contribution in [1.29, 1.82) is 0 Å². The molecular formula is C17H19F3N2O6S. The van der Waals surface area contributed by atoms with Crippen LogP contribution in [0.5, 0.6) is 11.6 Å². The average molecular weight is 436 g/mol. The second-order valence-electron chi connectivity index (χ2n) is 6.24. The number of methoxy groups -OCH3 is 2. The van der Waals surface area contributed by atoms with Gasteiger partial charge in [0.2, 0.25) is 0 Å². The number of fused-ring (bicyclic) bond motifs is 1. The minimum absolute atomic E-state index is 0.0127. The van der Waals surface area contributed by atoms with Crippen molar-refractivity contribution >= 4 is 32.7 Å². The number of hydrogen-bond acceptors (Lipinski definition) is 8. The van der Waals surface area contributed by atoms with E-state index in [0.717, 1.165) is 0 Å². The van der Waals surface area contributed by atoms with Gasteiger partial charge in [0.1, 0.15) is 17.0 Å². The summed E-state index contributed by atoms with van der Waals surface area (Å²) in [7, 11) is -1.94. The van der Waals surface area contributed by atoms with E-state index in [4.69, 9.17) is 9.47 Å².